The molecule has 2 amide bonds. The van der Waals surface area contributed by atoms with Gasteiger partial charge >= 0.3 is 0 Å². The van der Waals surface area contributed by atoms with E-state index < -0.39 is 0 Å². The third kappa shape index (κ3) is 6.55. The van der Waals surface area contributed by atoms with Crippen LogP contribution in [0.25, 0.3) is 17.3 Å². The number of benzene rings is 1. The zero-order valence-electron chi connectivity index (χ0n) is 21.8. The summed E-state index contributed by atoms with van der Waals surface area (Å²) in [5.74, 6) is 2.28. The third-order valence-corrected chi connectivity index (χ3v) is 7.56. The number of carbonyl (C=O) groups is 2. The van der Waals surface area contributed by atoms with Crippen LogP contribution in [0.1, 0.15) is 24.1 Å². The van der Waals surface area contributed by atoms with Crippen molar-refractivity contribution in [3.05, 3.63) is 65.0 Å². The minimum Gasteiger partial charge on any atom is -0.497 e. The van der Waals surface area contributed by atoms with Gasteiger partial charge in [-0.3, -0.25) is 19.9 Å². The topological polar surface area (TPSA) is 119 Å². The number of thioether (sulfide) groups is 1. The fourth-order valence-electron chi connectivity index (χ4n) is 4.65. The summed E-state index contributed by atoms with van der Waals surface area (Å²) in [7, 11) is 3.28. The van der Waals surface area contributed by atoms with Gasteiger partial charge in [-0.15, -0.1) is 0 Å². The Morgan fingerprint density at radius 3 is 2.64 bits per heavy atom. The molecule has 2 saturated heterocycles. The van der Waals surface area contributed by atoms with E-state index in [0.717, 1.165) is 79.1 Å². The van der Waals surface area contributed by atoms with E-state index >= 15 is 0 Å². The van der Waals surface area contributed by atoms with E-state index in [4.69, 9.17) is 9.47 Å². The molecule has 1 aromatic carbocycles. The number of rotatable bonds is 9. The average Bonchev–Trinajstić information content (AvgIpc) is 3.29. The number of piperidine rings is 1. The molecule has 0 atom stereocenters. The second-order valence-electron chi connectivity index (χ2n) is 9.31. The summed E-state index contributed by atoms with van der Waals surface area (Å²) in [5, 5.41) is 5.50. The van der Waals surface area contributed by atoms with Gasteiger partial charge in [0, 0.05) is 43.7 Å². The monoisotopic (exact) mass is 546 g/mol. The van der Waals surface area contributed by atoms with Crippen molar-refractivity contribution in [1.29, 1.82) is 0 Å². The van der Waals surface area contributed by atoms with E-state index in [1.54, 1.807) is 32.6 Å². The highest BCUT2D eigenvalue weighted by molar-refractivity contribution is 8.18. The predicted molar refractivity (Wildman–Crippen MR) is 151 cm³/mol. The fraction of sp³-hybridized carbons (Fsp3) is 0.321. The third-order valence-electron chi connectivity index (χ3n) is 6.75. The molecule has 0 saturated carbocycles. The first-order valence-electron chi connectivity index (χ1n) is 12.7. The number of methoxy groups -OCH3 is 2. The van der Waals surface area contributed by atoms with Gasteiger partial charge in [-0.1, -0.05) is 0 Å². The number of imide groups is 1. The lowest BCUT2D eigenvalue weighted by Gasteiger charge is -2.32. The van der Waals surface area contributed by atoms with Crippen LogP contribution in [0, 0.1) is 5.92 Å². The van der Waals surface area contributed by atoms with Crippen LogP contribution in [0.5, 0.6) is 11.5 Å². The van der Waals surface area contributed by atoms with Crippen LogP contribution >= 0.6 is 11.8 Å². The summed E-state index contributed by atoms with van der Waals surface area (Å²) in [6.45, 7) is 3.39. The first-order chi connectivity index (χ1) is 19.0. The number of pyridine rings is 1. The van der Waals surface area contributed by atoms with Crippen molar-refractivity contribution in [2.24, 2.45) is 5.92 Å². The summed E-state index contributed by atoms with van der Waals surface area (Å²) < 4.78 is 10.9. The number of hydrogen-bond donors (Lipinski definition) is 2. The van der Waals surface area contributed by atoms with Gasteiger partial charge < -0.3 is 19.7 Å². The number of carbonyl (C=O) groups excluding carboxylic acids is 2. The molecule has 202 valence electrons. The second kappa shape index (κ2) is 12.3. The molecular formula is C28H30N6O4S. The lowest BCUT2D eigenvalue weighted by Crippen LogP contribution is -2.38. The Morgan fingerprint density at radius 1 is 1.08 bits per heavy atom. The van der Waals surface area contributed by atoms with Gasteiger partial charge in [0.1, 0.15) is 11.5 Å². The molecule has 2 aliphatic heterocycles. The van der Waals surface area contributed by atoms with Crippen molar-refractivity contribution in [1.82, 2.24) is 25.6 Å². The average molecular weight is 547 g/mol. The Balaban J connectivity index is 1.13. The Bertz CT molecular complexity index is 1390. The van der Waals surface area contributed by atoms with Crippen LogP contribution in [-0.2, 0) is 11.3 Å². The minimum atomic E-state index is -0.387. The summed E-state index contributed by atoms with van der Waals surface area (Å²) in [4.78, 5) is 39.3. The van der Waals surface area contributed by atoms with Crippen LogP contribution in [0.4, 0.5) is 10.7 Å². The molecule has 10 nitrogen and oxygen atoms in total. The molecular weight excluding hydrogens is 516 g/mol. The number of amides is 2. The van der Waals surface area contributed by atoms with E-state index in [2.05, 4.69) is 36.6 Å². The van der Waals surface area contributed by atoms with Gasteiger partial charge in [0.15, 0.2) is 0 Å². The van der Waals surface area contributed by atoms with Gasteiger partial charge in [-0.05, 0) is 79.0 Å². The van der Waals surface area contributed by atoms with Crippen LogP contribution < -0.4 is 25.0 Å². The maximum Gasteiger partial charge on any atom is 0.290 e. The van der Waals surface area contributed by atoms with Gasteiger partial charge in [0.25, 0.3) is 11.1 Å². The number of ether oxygens (including phenoxy) is 2. The Hall–Kier alpha value is -3.96. The molecule has 2 aliphatic rings. The van der Waals surface area contributed by atoms with Crippen molar-refractivity contribution in [2.75, 3.05) is 38.8 Å². The molecule has 2 fully saturated rings. The second-order valence-corrected chi connectivity index (χ2v) is 10.3. The number of nitrogens with zero attached hydrogens (tertiary/aromatic N) is 4. The minimum absolute atomic E-state index is 0.346. The highest BCUT2D eigenvalue weighted by Gasteiger charge is 2.26. The van der Waals surface area contributed by atoms with Gasteiger partial charge in [-0.25, -0.2) is 9.97 Å². The molecule has 39 heavy (non-hydrogen) atoms. The van der Waals surface area contributed by atoms with Crippen LogP contribution in [-0.4, -0.2) is 60.0 Å². The largest absolute Gasteiger partial charge is 0.497 e. The van der Waals surface area contributed by atoms with E-state index in [9.17, 15) is 9.59 Å². The zero-order valence-corrected chi connectivity index (χ0v) is 22.7. The van der Waals surface area contributed by atoms with Gasteiger partial charge in [0.2, 0.25) is 5.95 Å². The summed E-state index contributed by atoms with van der Waals surface area (Å²) in [6, 6.07) is 11.6. The Morgan fingerprint density at radius 2 is 1.90 bits per heavy atom. The van der Waals surface area contributed by atoms with Crippen molar-refractivity contribution >= 4 is 34.9 Å². The van der Waals surface area contributed by atoms with Crippen molar-refractivity contribution in [3.63, 3.8) is 0 Å². The SMILES string of the molecule is COc1ccc(-c2cc(CNCC3CCN(c4nccc(/C=C5/SC(=O)NC5=O)n4)CC3)ccn2)c(OC)c1. The quantitative estimate of drug-likeness (QED) is 0.383. The molecule has 2 N–H and O–H groups in total. The van der Waals surface area contributed by atoms with Crippen LogP contribution in [0.3, 0.4) is 0 Å². The smallest absolute Gasteiger partial charge is 0.290 e. The summed E-state index contributed by atoms with van der Waals surface area (Å²) in [5.41, 5.74) is 3.55. The molecule has 11 heteroatoms. The summed E-state index contributed by atoms with van der Waals surface area (Å²) >= 11 is 0.885. The molecule has 0 radical (unpaired) electrons. The first kappa shape index (κ1) is 26.6. The lowest BCUT2D eigenvalue weighted by atomic mass is 9.97. The van der Waals surface area contributed by atoms with Crippen molar-refractivity contribution in [2.45, 2.75) is 19.4 Å². The highest BCUT2D eigenvalue weighted by atomic mass is 32.2. The summed E-state index contributed by atoms with van der Waals surface area (Å²) in [6.07, 6.45) is 7.20. The molecule has 0 spiro atoms. The molecule has 0 bridgehead atoms. The molecule has 4 heterocycles. The molecule has 0 aliphatic carbocycles. The number of hydrogen-bond acceptors (Lipinski definition) is 10. The first-order valence-corrected chi connectivity index (χ1v) is 13.5. The van der Waals surface area contributed by atoms with Gasteiger partial charge in [0.05, 0.1) is 30.5 Å². The van der Waals surface area contributed by atoms with E-state index in [0.29, 0.717) is 22.5 Å². The van der Waals surface area contributed by atoms with E-state index in [1.807, 2.05) is 30.5 Å². The molecule has 5 rings (SSSR count). The van der Waals surface area contributed by atoms with E-state index in [-0.39, 0.29) is 11.1 Å². The molecule has 3 aromatic rings. The van der Waals surface area contributed by atoms with E-state index in [1.165, 1.54) is 0 Å². The van der Waals surface area contributed by atoms with Crippen LogP contribution in [0.2, 0.25) is 0 Å². The standard InChI is InChI=1S/C28H30N6O4S/c1-37-21-3-4-22(24(15-21)38-2)23-13-19(5-9-30-23)17-29-16-18-7-11-34(12-8-18)27-31-10-6-20(32-27)14-25-26(35)33-28(36)39-25/h3-6,9-10,13-15,18,29H,7-8,11-12,16-17H2,1-2H3,(H,33,35,36)/b25-14+. The number of anilines is 1. The predicted octanol–water partition coefficient (Wildman–Crippen LogP) is 3.89. The normalized spacial score (nSPS) is 17.0. The number of nitrogens with one attached hydrogen (secondary N) is 2. The van der Waals surface area contributed by atoms with Crippen molar-refractivity contribution < 1.29 is 19.1 Å². The van der Waals surface area contributed by atoms with Crippen molar-refractivity contribution in [3.8, 4) is 22.8 Å². The maximum atomic E-state index is 11.8. The zero-order chi connectivity index (χ0) is 27.2. The maximum absolute atomic E-state index is 11.8. The highest BCUT2D eigenvalue weighted by Crippen LogP contribution is 2.32. The molecule has 2 aromatic heterocycles. The Labute approximate surface area is 231 Å². The van der Waals surface area contributed by atoms with Crippen LogP contribution in [0.15, 0.2) is 53.7 Å². The molecule has 0 unspecified atom stereocenters. The Kier molecular flexibility index (Phi) is 8.38. The number of aromatic nitrogens is 3. The van der Waals surface area contributed by atoms with Gasteiger partial charge in [-0.2, -0.15) is 0 Å². The fourth-order valence-corrected chi connectivity index (χ4v) is 5.32. The lowest BCUT2D eigenvalue weighted by molar-refractivity contribution is -0.115.